The van der Waals surface area contributed by atoms with Crippen LogP contribution in [0.5, 0.6) is 0 Å². The van der Waals surface area contributed by atoms with Crippen LogP contribution in [0.3, 0.4) is 0 Å². The molecule has 0 radical (unpaired) electrons. The van der Waals surface area contributed by atoms with Crippen LogP contribution in [-0.2, 0) is 4.74 Å². The monoisotopic (exact) mass is 148 g/mol. The van der Waals surface area contributed by atoms with E-state index in [1.165, 1.54) is 0 Å². The fourth-order valence-electron chi connectivity index (χ4n) is 1.09. The van der Waals surface area contributed by atoms with Gasteiger partial charge in [0, 0.05) is 0 Å². The minimum Gasteiger partial charge on any atom is -0.394 e. The van der Waals surface area contributed by atoms with E-state index >= 15 is 0 Å². The van der Waals surface area contributed by atoms with Gasteiger partial charge in [-0.1, -0.05) is 0 Å². The molecule has 1 saturated heterocycles. The van der Waals surface area contributed by atoms with Crippen LogP contribution in [0.15, 0.2) is 0 Å². The molecule has 4 atom stereocenters. The Balaban J connectivity index is 2.53. The molecule has 0 spiro atoms. The first-order valence-electron chi connectivity index (χ1n) is 3.29. The summed E-state index contributed by atoms with van der Waals surface area (Å²) < 4.78 is 4.98. The quantitative estimate of drug-likeness (QED) is 0.422. The van der Waals surface area contributed by atoms with E-state index in [0.717, 1.165) is 0 Å². The van der Waals surface area contributed by atoms with Gasteiger partial charge < -0.3 is 20.1 Å². The second-order valence-corrected chi connectivity index (χ2v) is 2.54. The molecule has 0 aromatic carbocycles. The van der Waals surface area contributed by atoms with E-state index in [1.54, 1.807) is 6.92 Å². The topological polar surface area (TPSA) is 69.9 Å². The van der Waals surface area contributed by atoms with Gasteiger partial charge >= 0.3 is 0 Å². The van der Waals surface area contributed by atoms with Crippen LogP contribution in [0.4, 0.5) is 0 Å². The van der Waals surface area contributed by atoms with Gasteiger partial charge in [0.25, 0.3) is 0 Å². The summed E-state index contributed by atoms with van der Waals surface area (Å²) in [6, 6.07) is 0. The second kappa shape index (κ2) is 2.84. The summed E-state index contributed by atoms with van der Waals surface area (Å²) in [4.78, 5) is 0. The summed E-state index contributed by atoms with van der Waals surface area (Å²) in [5, 5.41) is 26.8. The van der Waals surface area contributed by atoms with Gasteiger partial charge in [0.05, 0.1) is 12.7 Å². The third-order valence-corrected chi connectivity index (χ3v) is 1.78. The van der Waals surface area contributed by atoms with Crippen molar-refractivity contribution in [3.63, 3.8) is 0 Å². The molecule has 0 bridgehead atoms. The first-order chi connectivity index (χ1) is 4.66. The second-order valence-electron chi connectivity index (χ2n) is 2.54. The lowest BCUT2D eigenvalue weighted by molar-refractivity contribution is -0.0171. The molecule has 0 aromatic rings. The van der Waals surface area contributed by atoms with E-state index in [2.05, 4.69) is 0 Å². The van der Waals surface area contributed by atoms with Gasteiger partial charge in [0.15, 0.2) is 0 Å². The van der Waals surface area contributed by atoms with E-state index in [4.69, 9.17) is 20.1 Å². The van der Waals surface area contributed by atoms with Crippen molar-refractivity contribution in [2.24, 2.45) is 0 Å². The molecule has 0 aromatic heterocycles. The molecular formula is C6H12O4. The number of ether oxygens (including phenoxy) is 1. The maximum absolute atomic E-state index is 9.09. The van der Waals surface area contributed by atoms with Crippen molar-refractivity contribution in [3.8, 4) is 0 Å². The minimum absolute atomic E-state index is 0.247. The van der Waals surface area contributed by atoms with Crippen molar-refractivity contribution < 1.29 is 20.1 Å². The number of aliphatic hydroxyl groups is 3. The summed E-state index contributed by atoms with van der Waals surface area (Å²) >= 11 is 0. The number of rotatable bonds is 1. The predicted octanol–water partition coefficient (Wildman–Crippen LogP) is -1.51. The lowest BCUT2D eigenvalue weighted by Crippen LogP contribution is -2.33. The average molecular weight is 148 g/mol. The van der Waals surface area contributed by atoms with Crippen LogP contribution < -0.4 is 0 Å². The molecule has 0 unspecified atom stereocenters. The van der Waals surface area contributed by atoms with Gasteiger partial charge in [-0.15, -0.1) is 0 Å². The van der Waals surface area contributed by atoms with Gasteiger partial charge in [-0.05, 0) is 6.92 Å². The van der Waals surface area contributed by atoms with Crippen LogP contribution in [0, 0.1) is 0 Å². The highest BCUT2D eigenvalue weighted by atomic mass is 16.5. The van der Waals surface area contributed by atoms with Gasteiger partial charge in [0.2, 0.25) is 0 Å². The van der Waals surface area contributed by atoms with Crippen molar-refractivity contribution in [2.45, 2.75) is 31.3 Å². The number of hydrogen-bond donors (Lipinski definition) is 3. The third kappa shape index (κ3) is 1.15. The van der Waals surface area contributed by atoms with Crippen molar-refractivity contribution in [1.29, 1.82) is 0 Å². The molecule has 3 N–H and O–H groups in total. The maximum atomic E-state index is 9.09. The van der Waals surface area contributed by atoms with Crippen LogP contribution in [0.2, 0.25) is 0 Å². The summed E-state index contributed by atoms with van der Waals surface area (Å²) in [5.41, 5.74) is 0. The van der Waals surface area contributed by atoms with Gasteiger partial charge in [-0.3, -0.25) is 0 Å². The number of aliphatic hydroxyl groups excluding tert-OH is 3. The Labute approximate surface area is 59.1 Å². The normalized spacial score (nSPS) is 48.0. The average Bonchev–Trinajstić information content (AvgIpc) is 2.17. The first kappa shape index (κ1) is 7.94. The highest BCUT2D eigenvalue weighted by molar-refractivity contribution is 4.87. The summed E-state index contributed by atoms with van der Waals surface area (Å²) in [6.45, 7) is 1.41. The summed E-state index contributed by atoms with van der Waals surface area (Å²) in [6.07, 6.45) is -2.81. The van der Waals surface area contributed by atoms with Crippen LogP contribution >= 0.6 is 0 Å². The molecule has 0 saturated carbocycles. The standard InChI is InChI=1S/C6H12O4/c1-3-5(8)6(9)4(2-7)10-3/h3-9H,2H2,1H3/t3-,4-,5+,6-/m0/s1. The Morgan fingerprint density at radius 1 is 1.30 bits per heavy atom. The Morgan fingerprint density at radius 3 is 2.10 bits per heavy atom. The Morgan fingerprint density at radius 2 is 1.90 bits per heavy atom. The van der Waals surface area contributed by atoms with E-state index in [9.17, 15) is 0 Å². The molecule has 1 heterocycles. The lowest BCUT2D eigenvalue weighted by Gasteiger charge is -2.10. The minimum atomic E-state index is -0.944. The largest absolute Gasteiger partial charge is 0.394 e. The number of hydrogen-bond acceptors (Lipinski definition) is 4. The molecule has 1 aliphatic heterocycles. The van der Waals surface area contributed by atoms with Gasteiger partial charge in [-0.25, -0.2) is 0 Å². The molecule has 1 rings (SSSR count). The fourth-order valence-corrected chi connectivity index (χ4v) is 1.09. The highest BCUT2D eigenvalue weighted by Gasteiger charge is 2.39. The summed E-state index contributed by atoms with van der Waals surface area (Å²) in [5.74, 6) is 0. The lowest BCUT2D eigenvalue weighted by atomic mass is 10.1. The fraction of sp³-hybridized carbons (Fsp3) is 1.00. The third-order valence-electron chi connectivity index (χ3n) is 1.78. The van der Waals surface area contributed by atoms with E-state index in [0.29, 0.717) is 0 Å². The van der Waals surface area contributed by atoms with Crippen molar-refractivity contribution >= 4 is 0 Å². The molecule has 4 nitrogen and oxygen atoms in total. The van der Waals surface area contributed by atoms with Crippen LogP contribution in [0.1, 0.15) is 6.92 Å². The van der Waals surface area contributed by atoms with Crippen LogP contribution in [-0.4, -0.2) is 46.3 Å². The zero-order valence-electron chi connectivity index (χ0n) is 5.77. The molecule has 0 amide bonds. The molecule has 10 heavy (non-hydrogen) atoms. The van der Waals surface area contributed by atoms with Gasteiger partial charge in [-0.2, -0.15) is 0 Å². The zero-order chi connectivity index (χ0) is 7.72. The Bertz CT molecular complexity index is 116. The molecule has 0 aliphatic carbocycles. The van der Waals surface area contributed by atoms with Gasteiger partial charge in [0.1, 0.15) is 18.3 Å². The summed E-state index contributed by atoms with van der Waals surface area (Å²) in [7, 11) is 0. The smallest absolute Gasteiger partial charge is 0.111 e. The van der Waals surface area contributed by atoms with E-state index in [-0.39, 0.29) is 12.7 Å². The van der Waals surface area contributed by atoms with Crippen LogP contribution in [0.25, 0.3) is 0 Å². The van der Waals surface area contributed by atoms with Crippen molar-refractivity contribution in [2.75, 3.05) is 6.61 Å². The van der Waals surface area contributed by atoms with Crippen molar-refractivity contribution in [3.05, 3.63) is 0 Å². The predicted molar refractivity (Wildman–Crippen MR) is 33.4 cm³/mol. The molecule has 4 heteroatoms. The molecule has 1 aliphatic rings. The first-order valence-corrected chi connectivity index (χ1v) is 3.29. The molecular weight excluding hydrogens is 136 g/mol. The van der Waals surface area contributed by atoms with E-state index in [1.807, 2.05) is 0 Å². The molecule has 60 valence electrons. The SMILES string of the molecule is C[C@@H]1O[C@@H](CO)[C@H](O)[C@@H]1O. The Hall–Kier alpha value is -0.160. The Kier molecular flexibility index (Phi) is 2.25. The highest BCUT2D eigenvalue weighted by Crippen LogP contribution is 2.19. The van der Waals surface area contributed by atoms with Crippen molar-refractivity contribution in [1.82, 2.24) is 0 Å². The van der Waals surface area contributed by atoms with E-state index < -0.39 is 18.3 Å². The molecule has 1 fully saturated rings. The zero-order valence-corrected chi connectivity index (χ0v) is 5.77. The maximum Gasteiger partial charge on any atom is 0.111 e.